The Bertz CT molecular complexity index is 1660. The van der Waals surface area contributed by atoms with Crippen LogP contribution in [0, 0.1) is 0 Å². The number of nitrogens with one attached hydrogen (secondary N) is 3. The summed E-state index contributed by atoms with van der Waals surface area (Å²) in [5.41, 5.74) is 7.33. The van der Waals surface area contributed by atoms with Crippen molar-refractivity contribution < 1.29 is 19.2 Å². The molecule has 0 radical (unpaired) electrons. The summed E-state index contributed by atoms with van der Waals surface area (Å²) in [6, 6.07) is 26.6. The molecule has 0 fully saturated rings. The van der Waals surface area contributed by atoms with Crippen LogP contribution in [0.3, 0.4) is 0 Å². The molecule has 0 unspecified atom stereocenters. The number of rotatable bonds is 10. The maximum atomic E-state index is 13.4. The van der Waals surface area contributed by atoms with E-state index in [1.54, 1.807) is 84.9 Å². The minimum Gasteiger partial charge on any atom is -0.366 e. The van der Waals surface area contributed by atoms with Crippen molar-refractivity contribution in [3.8, 4) is 0 Å². The lowest BCUT2D eigenvalue weighted by Gasteiger charge is -2.13. The van der Waals surface area contributed by atoms with Crippen molar-refractivity contribution in [2.75, 3.05) is 16.4 Å². The van der Waals surface area contributed by atoms with Gasteiger partial charge in [-0.3, -0.25) is 19.2 Å². The summed E-state index contributed by atoms with van der Waals surface area (Å²) in [6.45, 7) is 0. The third kappa shape index (κ3) is 8.47. The fourth-order valence-electron chi connectivity index (χ4n) is 3.66. The molecule has 0 aliphatic heterocycles. The molecule has 0 aliphatic carbocycles. The molecule has 8 nitrogen and oxygen atoms in total. The average molecular weight is 620 g/mol. The Hall–Kier alpha value is -4.57. The summed E-state index contributed by atoms with van der Waals surface area (Å²) in [5, 5.41) is 8.74. The zero-order valence-electron chi connectivity index (χ0n) is 21.9. The Kier molecular flexibility index (Phi) is 10.4. The topological polar surface area (TPSA) is 130 Å². The van der Waals surface area contributed by atoms with Gasteiger partial charge in [0.25, 0.3) is 11.8 Å². The van der Waals surface area contributed by atoms with Gasteiger partial charge in [0.05, 0.1) is 15.8 Å². The monoisotopic (exact) mass is 618 g/mol. The lowest BCUT2D eigenvalue weighted by molar-refractivity contribution is -0.114. The number of anilines is 2. The van der Waals surface area contributed by atoms with Gasteiger partial charge in [0.2, 0.25) is 11.8 Å². The molecule has 4 aromatic carbocycles. The molecule has 0 aromatic heterocycles. The van der Waals surface area contributed by atoms with E-state index < -0.39 is 17.7 Å². The standard InChI is InChI=1S/C31H24Cl2N4O4S/c32-25-11-4-8-21(28(25)33)16-26(37-30(40)20-6-2-1-3-7-20)31(41)36-23-9-5-10-24(17-23)42-18-27(38)35-22-14-12-19(13-15-22)29(34)39/h1-17H,18H2,(H2,34,39)(H,35,38)(H,36,41)(H,37,40)/b26-16+. The minimum absolute atomic E-state index is 0.0483. The minimum atomic E-state index is -0.588. The van der Waals surface area contributed by atoms with Crippen LogP contribution in [0.2, 0.25) is 10.0 Å². The Labute approximate surface area is 256 Å². The first-order chi connectivity index (χ1) is 20.2. The van der Waals surface area contributed by atoms with E-state index in [9.17, 15) is 19.2 Å². The number of thioether (sulfide) groups is 1. The van der Waals surface area contributed by atoms with Gasteiger partial charge in [-0.15, -0.1) is 11.8 Å². The Morgan fingerprint density at radius 3 is 2.19 bits per heavy atom. The van der Waals surface area contributed by atoms with Crippen molar-refractivity contribution in [3.63, 3.8) is 0 Å². The first-order valence-corrected chi connectivity index (χ1v) is 14.2. The van der Waals surface area contributed by atoms with Gasteiger partial charge in [-0.25, -0.2) is 0 Å². The highest BCUT2D eigenvalue weighted by Gasteiger charge is 2.17. The third-order valence-electron chi connectivity index (χ3n) is 5.73. The van der Waals surface area contributed by atoms with Crippen molar-refractivity contribution in [2.24, 2.45) is 5.73 Å². The van der Waals surface area contributed by atoms with Crippen LogP contribution in [0.25, 0.3) is 6.08 Å². The summed E-state index contributed by atoms with van der Waals surface area (Å²) in [6.07, 6.45) is 1.45. The fraction of sp³-hybridized carbons (Fsp3) is 0.0323. The third-order valence-corrected chi connectivity index (χ3v) is 7.55. The number of primary amides is 1. The Morgan fingerprint density at radius 2 is 1.48 bits per heavy atom. The lowest BCUT2D eigenvalue weighted by atomic mass is 10.1. The van der Waals surface area contributed by atoms with E-state index in [0.717, 1.165) is 4.90 Å². The summed E-state index contributed by atoms with van der Waals surface area (Å²) in [7, 11) is 0. The van der Waals surface area contributed by atoms with Crippen LogP contribution in [-0.2, 0) is 9.59 Å². The molecule has 5 N–H and O–H groups in total. The number of hydrogen-bond acceptors (Lipinski definition) is 5. The van der Waals surface area contributed by atoms with Crippen molar-refractivity contribution in [1.82, 2.24) is 5.32 Å². The highest BCUT2D eigenvalue weighted by atomic mass is 35.5. The quantitative estimate of drug-likeness (QED) is 0.124. The highest BCUT2D eigenvalue weighted by molar-refractivity contribution is 8.00. The van der Waals surface area contributed by atoms with Gasteiger partial charge in [-0.05, 0) is 72.3 Å². The van der Waals surface area contributed by atoms with Crippen molar-refractivity contribution >= 4 is 76.0 Å². The molecule has 0 bridgehead atoms. The van der Waals surface area contributed by atoms with Crippen LogP contribution >= 0.6 is 35.0 Å². The van der Waals surface area contributed by atoms with Crippen LogP contribution in [0.15, 0.2) is 108 Å². The van der Waals surface area contributed by atoms with E-state index in [2.05, 4.69) is 16.0 Å². The van der Waals surface area contributed by atoms with Gasteiger partial charge >= 0.3 is 0 Å². The number of carbonyl (C=O) groups excluding carboxylic acids is 4. The fourth-order valence-corrected chi connectivity index (χ4v) is 4.77. The number of hydrogen-bond donors (Lipinski definition) is 4. The van der Waals surface area contributed by atoms with Crippen molar-refractivity contribution in [2.45, 2.75) is 4.90 Å². The normalized spacial score (nSPS) is 11.0. The maximum Gasteiger partial charge on any atom is 0.272 e. The van der Waals surface area contributed by atoms with Gasteiger partial charge in [0, 0.05) is 27.4 Å². The predicted molar refractivity (Wildman–Crippen MR) is 168 cm³/mol. The number of halogens is 2. The molecule has 0 atom stereocenters. The van der Waals surface area contributed by atoms with Gasteiger partial charge < -0.3 is 21.7 Å². The van der Waals surface area contributed by atoms with E-state index in [-0.39, 0.29) is 22.4 Å². The maximum absolute atomic E-state index is 13.4. The number of carbonyl (C=O) groups is 4. The number of benzene rings is 4. The molecule has 42 heavy (non-hydrogen) atoms. The molecule has 0 saturated heterocycles. The van der Waals surface area contributed by atoms with Crippen LogP contribution < -0.4 is 21.7 Å². The molecule has 0 heterocycles. The van der Waals surface area contributed by atoms with E-state index in [1.807, 2.05) is 0 Å². The zero-order valence-corrected chi connectivity index (χ0v) is 24.2. The summed E-state index contributed by atoms with van der Waals surface area (Å²) in [4.78, 5) is 50.6. The Balaban J connectivity index is 1.45. The molecular weight excluding hydrogens is 595 g/mol. The Morgan fingerprint density at radius 1 is 0.762 bits per heavy atom. The summed E-state index contributed by atoms with van der Waals surface area (Å²) in [5.74, 6) is -1.77. The SMILES string of the molecule is NC(=O)c1ccc(NC(=O)CSc2cccc(NC(=O)/C(=C\c3cccc(Cl)c3Cl)NC(=O)c3ccccc3)c2)cc1. The molecule has 4 amide bonds. The smallest absolute Gasteiger partial charge is 0.272 e. The van der Waals surface area contributed by atoms with Gasteiger partial charge in [-0.1, -0.05) is 59.6 Å². The first kappa shape index (κ1) is 30.4. The summed E-state index contributed by atoms with van der Waals surface area (Å²) < 4.78 is 0. The van der Waals surface area contributed by atoms with E-state index in [0.29, 0.717) is 33.1 Å². The zero-order chi connectivity index (χ0) is 30.1. The highest BCUT2D eigenvalue weighted by Crippen LogP contribution is 2.28. The van der Waals surface area contributed by atoms with Crippen LogP contribution in [0.5, 0.6) is 0 Å². The molecule has 0 spiro atoms. The second-order valence-electron chi connectivity index (χ2n) is 8.78. The average Bonchev–Trinajstić information content (AvgIpc) is 2.99. The second-order valence-corrected chi connectivity index (χ2v) is 10.6. The van der Waals surface area contributed by atoms with E-state index in [4.69, 9.17) is 28.9 Å². The molecule has 212 valence electrons. The molecule has 4 aromatic rings. The lowest BCUT2D eigenvalue weighted by Crippen LogP contribution is -2.30. The molecule has 11 heteroatoms. The van der Waals surface area contributed by atoms with Gasteiger partial charge in [0.1, 0.15) is 5.70 Å². The predicted octanol–water partition coefficient (Wildman–Crippen LogP) is 6.23. The molecule has 0 saturated carbocycles. The molecule has 4 rings (SSSR count). The van der Waals surface area contributed by atoms with E-state index >= 15 is 0 Å². The van der Waals surface area contributed by atoms with Crippen LogP contribution in [0.1, 0.15) is 26.3 Å². The van der Waals surface area contributed by atoms with Crippen LogP contribution in [-0.4, -0.2) is 29.4 Å². The van der Waals surface area contributed by atoms with Gasteiger partial charge in [-0.2, -0.15) is 0 Å². The number of amides is 4. The number of nitrogens with two attached hydrogens (primary N) is 1. The second kappa shape index (κ2) is 14.4. The van der Waals surface area contributed by atoms with E-state index in [1.165, 1.54) is 30.0 Å². The first-order valence-electron chi connectivity index (χ1n) is 12.5. The summed E-state index contributed by atoms with van der Waals surface area (Å²) >= 11 is 13.7. The molecule has 0 aliphatic rings. The van der Waals surface area contributed by atoms with Crippen molar-refractivity contribution in [1.29, 1.82) is 0 Å². The molecular formula is C31H24Cl2N4O4S. The largest absolute Gasteiger partial charge is 0.366 e. The van der Waals surface area contributed by atoms with Crippen LogP contribution in [0.4, 0.5) is 11.4 Å². The van der Waals surface area contributed by atoms with Crippen molar-refractivity contribution in [3.05, 3.63) is 129 Å². The van der Waals surface area contributed by atoms with Gasteiger partial charge in [0.15, 0.2) is 0 Å².